The summed E-state index contributed by atoms with van der Waals surface area (Å²) in [6.07, 6.45) is 0. The van der Waals surface area contributed by atoms with E-state index in [9.17, 15) is 0 Å². The smallest absolute Gasteiger partial charge is 0.143 e. The quantitative estimate of drug-likeness (QED) is 0.167. The number of aromatic nitrogens is 1. The number of anilines is 3. The Hall–Kier alpha value is -8.14. The van der Waals surface area contributed by atoms with Gasteiger partial charge < -0.3 is 13.9 Å². The maximum absolute atomic E-state index is 6.78. The molecule has 0 atom stereocenters. The molecule has 2 aromatic heterocycles. The van der Waals surface area contributed by atoms with Gasteiger partial charge in [0.05, 0.1) is 11.0 Å². The Morgan fingerprint density at radius 1 is 0.391 bits per heavy atom. The molecule has 0 saturated heterocycles. The Kier molecular flexibility index (Phi) is 7.95. The Balaban J connectivity index is 0.980. The van der Waals surface area contributed by atoms with Gasteiger partial charge in [0.15, 0.2) is 0 Å². The Morgan fingerprint density at radius 3 is 1.92 bits per heavy atom. The maximum Gasteiger partial charge on any atom is 0.143 e. The second-order valence-electron chi connectivity index (χ2n) is 17.7. The summed E-state index contributed by atoms with van der Waals surface area (Å²) in [4.78, 5) is 2.42. The molecule has 12 aromatic rings. The SMILES string of the molecule is CC1(C)c2ccccc2-c2cc(N(c3ccc(-c4cccc5c4oc4c6ccccc6ccc54)cc3)c3cccc(-c4cccc5c4c4ccccc4n5-c4ccccc4)c3)ccc21. The molecule has 3 heteroatoms. The lowest BCUT2D eigenvalue weighted by Gasteiger charge is -2.28. The minimum Gasteiger partial charge on any atom is -0.455 e. The van der Waals surface area contributed by atoms with Crippen LogP contribution in [0.3, 0.4) is 0 Å². The zero-order chi connectivity index (χ0) is 42.5. The number of fused-ring (bicyclic) bond motifs is 11. The highest BCUT2D eigenvalue weighted by Gasteiger charge is 2.35. The fourth-order valence-corrected chi connectivity index (χ4v) is 10.8. The minimum absolute atomic E-state index is 0.0849. The molecular formula is C61H42N2O. The van der Waals surface area contributed by atoms with E-state index in [1.54, 1.807) is 0 Å². The minimum atomic E-state index is -0.0849. The van der Waals surface area contributed by atoms with Crippen LogP contribution in [0, 0.1) is 0 Å². The summed E-state index contributed by atoms with van der Waals surface area (Å²) >= 11 is 0. The van der Waals surface area contributed by atoms with Crippen molar-refractivity contribution in [1.82, 2.24) is 4.57 Å². The van der Waals surface area contributed by atoms with Crippen LogP contribution in [0.4, 0.5) is 17.1 Å². The van der Waals surface area contributed by atoms with Crippen LogP contribution in [-0.4, -0.2) is 4.57 Å². The van der Waals surface area contributed by atoms with Gasteiger partial charge in [-0.15, -0.1) is 0 Å². The fraction of sp³-hybridized carbons (Fsp3) is 0.0492. The number of rotatable bonds is 6. The lowest BCUT2D eigenvalue weighted by atomic mass is 9.82. The van der Waals surface area contributed by atoms with Crippen LogP contribution in [0.15, 0.2) is 223 Å². The molecule has 0 bridgehead atoms. The van der Waals surface area contributed by atoms with Crippen molar-refractivity contribution >= 4 is 71.6 Å². The van der Waals surface area contributed by atoms with E-state index in [1.165, 1.54) is 55.0 Å². The predicted molar refractivity (Wildman–Crippen MR) is 269 cm³/mol. The molecule has 13 rings (SSSR count). The largest absolute Gasteiger partial charge is 0.455 e. The summed E-state index contributed by atoms with van der Waals surface area (Å²) in [5.41, 5.74) is 18.5. The number of furan rings is 1. The van der Waals surface area contributed by atoms with Crippen molar-refractivity contribution < 1.29 is 4.42 Å². The predicted octanol–water partition coefficient (Wildman–Crippen LogP) is 16.9. The third-order valence-corrected chi connectivity index (χ3v) is 13.8. The van der Waals surface area contributed by atoms with Crippen molar-refractivity contribution in [2.24, 2.45) is 0 Å². The molecule has 0 spiro atoms. The molecule has 302 valence electrons. The molecule has 10 aromatic carbocycles. The molecule has 0 N–H and O–H groups in total. The van der Waals surface area contributed by atoms with Crippen LogP contribution in [0.1, 0.15) is 25.0 Å². The Morgan fingerprint density at radius 2 is 1.03 bits per heavy atom. The van der Waals surface area contributed by atoms with Crippen LogP contribution in [-0.2, 0) is 5.41 Å². The van der Waals surface area contributed by atoms with Crippen molar-refractivity contribution in [2.75, 3.05) is 4.90 Å². The summed E-state index contributed by atoms with van der Waals surface area (Å²) in [6, 6.07) is 79.6. The molecule has 0 saturated carbocycles. The first-order valence-corrected chi connectivity index (χ1v) is 22.2. The lowest BCUT2D eigenvalue weighted by Crippen LogP contribution is -2.15. The van der Waals surface area contributed by atoms with Gasteiger partial charge in [0.2, 0.25) is 0 Å². The second kappa shape index (κ2) is 13.9. The van der Waals surface area contributed by atoms with Crippen molar-refractivity contribution in [1.29, 1.82) is 0 Å². The van der Waals surface area contributed by atoms with Crippen molar-refractivity contribution in [3.05, 3.63) is 230 Å². The van der Waals surface area contributed by atoms with Crippen LogP contribution in [0.5, 0.6) is 0 Å². The van der Waals surface area contributed by atoms with Crippen LogP contribution >= 0.6 is 0 Å². The maximum atomic E-state index is 6.78. The number of para-hydroxylation sites is 3. The monoisotopic (exact) mass is 818 g/mol. The number of hydrogen-bond acceptors (Lipinski definition) is 2. The van der Waals surface area contributed by atoms with E-state index in [1.807, 2.05) is 0 Å². The molecule has 0 aliphatic heterocycles. The van der Waals surface area contributed by atoms with Crippen molar-refractivity contribution in [3.8, 4) is 39.1 Å². The third-order valence-electron chi connectivity index (χ3n) is 13.8. The summed E-state index contributed by atoms with van der Waals surface area (Å²) in [5, 5.41) is 7.07. The van der Waals surface area contributed by atoms with Gasteiger partial charge in [0.25, 0.3) is 0 Å². The van der Waals surface area contributed by atoms with E-state index in [0.717, 1.165) is 66.8 Å². The fourth-order valence-electron chi connectivity index (χ4n) is 10.8. The molecule has 0 fully saturated rings. The number of benzene rings is 10. The molecule has 0 amide bonds. The third kappa shape index (κ3) is 5.41. The summed E-state index contributed by atoms with van der Waals surface area (Å²) in [7, 11) is 0. The number of hydrogen-bond donors (Lipinski definition) is 0. The zero-order valence-corrected chi connectivity index (χ0v) is 35.6. The molecule has 3 nitrogen and oxygen atoms in total. The first-order valence-electron chi connectivity index (χ1n) is 22.2. The Bertz CT molecular complexity index is 3810. The average Bonchev–Trinajstić information content (AvgIpc) is 3.98. The van der Waals surface area contributed by atoms with Gasteiger partial charge in [-0.3, -0.25) is 0 Å². The van der Waals surface area contributed by atoms with Gasteiger partial charge in [-0.1, -0.05) is 166 Å². The van der Waals surface area contributed by atoms with Crippen LogP contribution in [0.25, 0.3) is 93.6 Å². The highest BCUT2D eigenvalue weighted by molar-refractivity contribution is 6.18. The first kappa shape index (κ1) is 36.5. The molecule has 1 aliphatic carbocycles. The molecule has 2 heterocycles. The summed E-state index contributed by atoms with van der Waals surface area (Å²) in [6.45, 7) is 4.69. The lowest BCUT2D eigenvalue weighted by molar-refractivity contribution is 0.660. The highest BCUT2D eigenvalue weighted by atomic mass is 16.3. The van der Waals surface area contributed by atoms with E-state index in [2.05, 4.69) is 242 Å². The molecule has 1 aliphatic rings. The molecular weight excluding hydrogens is 777 g/mol. The summed E-state index contributed by atoms with van der Waals surface area (Å²) in [5.74, 6) is 0. The topological polar surface area (TPSA) is 21.3 Å². The van der Waals surface area contributed by atoms with Crippen molar-refractivity contribution in [3.63, 3.8) is 0 Å². The normalized spacial score (nSPS) is 13.0. The zero-order valence-electron chi connectivity index (χ0n) is 35.6. The molecule has 0 radical (unpaired) electrons. The summed E-state index contributed by atoms with van der Waals surface area (Å²) < 4.78 is 9.18. The average molecular weight is 819 g/mol. The highest BCUT2D eigenvalue weighted by Crippen LogP contribution is 2.51. The van der Waals surface area contributed by atoms with Gasteiger partial charge in [0.1, 0.15) is 11.2 Å². The molecule has 64 heavy (non-hydrogen) atoms. The number of nitrogens with zero attached hydrogens (tertiary/aromatic N) is 2. The van der Waals surface area contributed by atoms with Gasteiger partial charge in [-0.2, -0.15) is 0 Å². The van der Waals surface area contributed by atoms with Gasteiger partial charge >= 0.3 is 0 Å². The van der Waals surface area contributed by atoms with Crippen molar-refractivity contribution in [2.45, 2.75) is 19.3 Å². The van der Waals surface area contributed by atoms with Crippen LogP contribution < -0.4 is 4.90 Å². The van der Waals surface area contributed by atoms with E-state index < -0.39 is 0 Å². The van der Waals surface area contributed by atoms with E-state index in [-0.39, 0.29) is 5.41 Å². The van der Waals surface area contributed by atoms with Crippen LogP contribution in [0.2, 0.25) is 0 Å². The van der Waals surface area contributed by atoms with Gasteiger partial charge in [0, 0.05) is 60.7 Å². The first-order chi connectivity index (χ1) is 31.5. The van der Waals surface area contributed by atoms with Gasteiger partial charge in [-0.25, -0.2) is 0 Å². The standard InChI is InChI=1S/C61H42N2O/c1-61(2)54-26-10-8-21-49(54)53-38-45(34-36-55(53)61)62(43-32-29-40(30-33-43)48-24-13-25-50-51-35-31-39-15-6-7-20-47(39)60(51)64-59(48)50)44-19-12-16-41(37-44)46-23-14-28-57-58(46)52-22-9-11-27-56(52)63(57)42-17-4-3-5-18-42/h3-38H,1-2H3. The van der Waals surface area contributed by atoms with E-state index in [0.29, 0.717) is 0 Å². The van der Waals surface area contributed by atoms with E-state index in [4.69, 9.17) is 4.42 Å². The Labute approximate surface area is 371 Å². The molecule has 0 unspecified atom stereocenters. The second-order valence-corrected chi connectivity index (χ2v) is 17.7. The van der Waals surface area contributed by atoms with E-state index >= 15 is 0 Å². The van der Waals surface area contributed by atoms with Gasteiger partial charge in [-0.05, 0) is 111 Å².